The van der Waals surface area contributed by atoms with E-state index < -0.39 is 0 Å². The van der Waals surface area contributed by atoms with Gasteiger partial charge in [0.25, 0.3) is 0 Å². The highest BCUT2D eigenvalue weighted by atomic mass is 35.5. The first-order valence-electron chi connectivity index (χ1n) is 8.60. The number of benzene rings is 1. The summed E-state index contributed by atoms with van der Waals surface area (Å²) in [5.74, 6) is 1.37. The van der Waals surface area contributed by atoms with Gasteiger partial charge in [-0.05, 0) is 36.2 Å². The summed E-state index contributed by atoms with van der Waals surface area (Å²) in [5, 5.41) is 11.5. The van der Waals surface area contributed by atoms with Gasteiger partial charge in [-0.25, -0.2) is 0 Å². The Morgan fingerprint density at radius 3 is 2.92 bits per heavy atom. The molecule has 3 heterocycles. The van der Waals surface area contributed by atoms with Gasteiger partial charge in [-0.3, -0.25) is 9.98 Å². The molecule has 1 N–H and O–H groups in total. The van der Waals surface area contributed by atoms with Crippen LogP contribution in [0.25, 0.3) is 0 Å². The summed E-state index contributed by atoms with van der Waals surface area (Å²) in [5.41, 5.74) is 1.90. The molecule has 0 bridgehead atoms. The van der Waals surface area contributed by atoms with E-state index in [1.54, 1.807) is 18.0 Å². The van der Waals surface area contributed by atoms with Crippen LogP contribution < -0.4 is 4.74 Å². The van der Waals surface area contributed by atoms with Gasteiger partial charge in [0, 0.05) is 18.0 Å². The smallest absolute Gasteiger partial charge is 0.176 e. The number of hydrogen-bond acceptors (Lipinski definition) is 6. The number of hydrogen-bond donors (Lipinski definition) is 1. The molecule has 136 valence electrons. The Labute approximate surface area is 162 Å². The number of aromatic nitrogens is 1. The summed E-state index contributed by atoms with van der Waals surface area (Å²) >= 11 is 8.07. The van der Waals surface area contributed by atoms with Gasteiger partial charge >= 0.3 is 0 Å². The fourth-order valence-corrected chi connectivity index (χ4v) is 5.19. The molecule has 0 amide bonds. The molecular formula is C19H20ClN3O2S. The predicted octanol–water partition coefficient (Wildman–Crippen LogP) is 4.43. The van der Waals surface area contributed by atoms with Crippen LogP contribution in [0.5, 0.6) is 11.5 Å². The number of halogens is 1. The number of rotatable bonds is 4. The van der Waals surface area contributed by atoms with E-state index in [1.165, 1.54) is 7.11 Å². The number of ether oxygens (including phenoxy) is 1. The number of phenolic OH excluding ortho intramolecular Hbond substituents is 1. The highest BCUT2D eigenvalue weighted by Gasteiger charge is 2.45. The molecule has 1 aromatic carbocycles. The molecule has 7 heteroatoms. The van der Waals surface area contributed by atoms with Gasteiger partial charge in [0.1, 0.15) is 6.04 Å². The number of nitrogens with zero attached hydrogens (tertiary/aromatic N) is 3. The zero-order valence-corrected chi connectivity index (χ0v) is 16.2. The first kappa shape index (κ1) is 17.5. The summed E-state index contributed by atoms with van der Waals surface area (Å²) in [6.07, 6.45) is 2.84. The average Bonchev–Trinajstić information content (AvgIpc) is 3.23. The van der Waals surface area contributed by atoms with E-state index in [0.717, 1.165) is 28.6 Å². The van der Waals surface area contributed by atoms with Crippen LogP contribution in [0.1, 0.15) is 36.7 Å². The number of pyridine rings is 1. The SMILES string of the molecule is CC[C@H]1CSC2=N[C@H](c3ccccn3)[C@@H](c3cc(Cl)c(O)c(OC)c3)N21. The number of methoxy groups -OCH3 is 1. The van der Waals surface area contributed by atoms with Crippen molar-refractivity contribution in [2.75, 3.05) is 12.9 Å². The Bertz CT molecular complexity index is 846. The van der Waals surface area contributed by atoms with Crippen LogP contribution in [0, 0.1) is 0 Å². The predicted molar refractivity (Wildman–Crippen MR) is 105 cm³/mol. The molecule has 0 aliphatic carbocycles. The number of thioether (sulfide) groups is 1. The molecule has 0 radical (unpaired) electrons. The van der Waals surface area contributed by atoms with Gasteiger partial charge in [0.2, 0.25) is 0 Å². The lowest BCUT2D eigenvalue weighted by Gasteiger charge is -2.32. The van der Waals surface area contributed by atoms with E-state index in [1.807, 2.05) is 30.3 Å². The molecule has 0 saturated carbocycles. The molecule has 0 unspecified atom stereocenters. The molecule has 0 spiro atoms. The van der Waals surface area contributed by atoms with Crippen LogP contribution in [0.3, 0.4) is 0 Å². The van der Waals surface area contributed by atoms with Crippen molar-refractivity contribution in [1.29, 1.82) is 0 Å². The second-order valence-corrected chi connectivity index (χ2v) is 7.78. The maximum absolute atomic E-state index is 10.1. The Morgan fingerprint density at radius 2 is 2.23 bits per heavy atom. The topological polar surface area (TPSA) is 58.0 Å². The van der Waals surface area contributed by atoms with Crippen molar-refractivity contribution < 1.29 is 9.84 Å². The van der Waals surface area contributed by atoms with E-state index in [-0.39, 0.29) is 22.9 Å². The Hall–Kier alpha value is -1.92. The summed E-state index contributed by atoms with van der Waals surface area (Å²) in [6.45, 7) is 2.20. The molecule has 4 rings (SSSR count). The van der Waals surface area contributed by atoms with E-state index in [2.05, 4.69) is 16.8 Å². The van der Waals surface area contributed by atoms with Gasteiger partial charge < -0.3 is 14.7 Å². The maximum Gasteiger partial charge on any atom is 0.176 e. The molecule has 1 fully saturated rings. The normalized spacial score (nSPS) is 24.5. The number of aromatic hydroxyl groups is 1. The molecule has 5 nitrogen and oxygen atoms in total. The van der Waals surface area contributed by atoms with Gasteiger partial charge in [-0.1, -0.05) is 36.4 Å². The monoisotopic (exact) mass is 389 g/mol. The number of amidine groups is 1. The quantitative estimate of drug-likeness (QED) is 0.838. The molecule has 3 atom stereocenters. The number of phenols is 1. The van der Waals surface area contributed by atoms with Crippen molar-refractivity contribution >= 4 is 28.5 Å². The first-order chi connectivity index (χ1) is 12.6. The van der Waals surface area contributed by atoms with Crippen LogP contribution in [-0.2, 0) is 0 Å². The van der Waals surface area contributed by atoms with Crippen LogP contribution in [0.15, 0.2) is 41.5 Å². The minimum absolute atomic E-state index is 0.0214. The van der Waals surface area contributed by atoms with Gasteiger partial charge in [0.05, 0.1) is 23.9 Å². The largest absolute Gasteiger partial charge is 0.503 e. The molecular weight excluding hydrogens is 370 g/mol. The number of aliphatic imine (C=N–C) groups is 1. The summed E-state index contributed by atoms with van der Waals surface area (Å²) in [4.78, 5) is 11.9. The van der Waals surface area contributed by atoms with E-state index in [0.29, 0.717) is 11.8 Å². The first-order valence-corrected chi connectivity index (χ1v) is 9.96. The van der Waals surface area contributed by atoms with Crippen molar-refractivity contribution in [3.05, 3.63) is 52.8 Å². The fraction of sp³-hybridized carbons (Fsp3) is 0.368. The van der Waals surface area contributed by atoms with E-state index in [9.17, 15) is 5.11 Å². The average molecular weight is 390 g/mol. The summed E-state index contributed by atoms with van der Waals surface area (Å²) < 4.78 is 5.32. The van der Waals surface area contributed by atoms with E-state index >= 15 is 0 Å². The Kier molecular flexibility index (Phi) is 4.71. The highest BCUT2D eigenvalue weighted by molar-refractivity contribution is 8.14. The van der Waals surface area contributed by atoms with Crippen LogP contribution >= 0.6 is 23.4 Å². The summed E-state index contributed by atoms with van der Waals surface area (Å²) in [7, 11) is 1.53. The minimum atomic E-state index is -0.113. The number of fused-ring (bicyclic) bond motifs is 1. The van der Waals surface area contributed by atoms with Crippen molar-refractivity contribution in [2.45, 2.75) is 31.5 Å². The van der Waals surface area contributed by atoms with Crippen LogP contribution in [0.4, 0.5) is 0 Å². The molecule has 26 heavy (non-hydrogen) atoms. The van der Waals surface area contributed by atoms with Gasteiger partial charge in [0.15, 0.2) is 16.7 Å². The molecule has 2 aromatic rings. The second-order valence-electron chi connectivity index (χ2n) is 6.39. The molecule has 1 aromatic heterocycles. The Morgan fingerprint density at radius 1 is 1.38 bits per heavy atom. The molecule has 2 aliphatic heterocycles. The third kappa shape index (κ3) is 2.81. The van der Waals surface area contributed by atoms with Crippen LogP contribution in [0.2, 0.25) is 5.02 Å². The van der Waals surface area contributed by atoms with Crippen molar-refractivity contribution in [3.63, 3.8) is 0 Å². The zero-order chi connectivity index (χ0) is 18.3. The fourth-order valence-electron chi connectivity index (χ4n) is 3.63. The molecule has 2 aliphatic rings. The van der Waals surface area contributed by atoms with Gasteiger partial charge in [-0.15, -0.1) is 0 Å². The van der Waals surface area contributed by atoms with Crippen molar-refractivity contribution in [3.8, 4) is 11.5 Å². The standard InChI is InChI=1S/C19H20ClN3O2S/c1-3-12-10-26-19-22-16(14-6-4-5-7-21-14)17(23(12)19)11-8-13(20)18(24)15(9-11)25-2/h4-9,12,16-17,24H,3,10H2,1-2H3/t12-,16+,17+/m0/s1. The van der Waals surface area contributed by atoms with E-state index in [4.69, 9.17) is 21.3 Å². The van der Waals surface area contributed by atoms with Crippen molar-refractivity contribution in [2.24, 2.45) is 4.99 Å². The molecule has 1 saturated heterocycles. The second kappa shape index (κ2) is 7.00. The lowest BCUT2D eigenvalue weighted by molar-refractivity contribution is 0.254. The van der Waals surface area contributed by atoms with Crippen molar-refractivity contribution in [1.82, 2.24) is 9.88 Å². The Balaban J connectivity index is 1.83. The highest BCUT2D eigenvalue weighted by Crippen LogP contribution is 2.50. The third-order valence-corrected chi connectivity index (χ3v) is 6.36. The lowest BCUT2D eigenvalue weighted by atomic mass is 9.95. The third-order valence-electron chi connectivity index (χ3n) is 4.94. The lowest BCUT2D eigenvalue weighted by Crippen LogP contribution is -2.35. The zero-order valence-electron chi connectivity index (χ0n) is 14.6. The minimum Gasteiger partial charge on any atom is -0.503 e. The summed E-state index contributed by atoms with van der Waals surface area (Å²) in [6, 6.07) is 9.85. The maximum atomic E-state index is 10.1. The van der Waals surface area contributed by atoms with Gasteiger partial charge in [-0.2, -0.15) is 0 Å². The van der Waals surface area contributed by atoms with Crippen LogP contribution in [-0.4, -0.2) is 39.1 Å².